The molecule has 0 heterocycles. The lowest BCUT2D eigenvalue weighted by molar-refractivity contribution is -0.143. The van der Waals surface area contributed by atoms with Gasteiger partial charge in [0.05, 0.1) is 0 Å². The minimum absolute atomic E-state index is 0.246. The van der Waals surface area contributed by atoms with Gasteiger partial charge in [0.1, 0.15) is 6.54 Å². The Morgan fingerprint density at radius 1 is 1.28 bits per heavy atom. The molecule has 0 unspecified atom stereocenters. The monoisotopic (exact) mass is 323 g/mol. The van der Waals surface area contributed by atoms with Gasteiger partial charge in [-0.1, -0.05) is 15.9 Å². The predicted molar refractivity (Wildman–Crippen MR) is 66.4 cm³/mol. The second-order valence-corrected chi connectivity index (χ2v) is 5.06. The number of nitrogens with zero attached hydrogens (tertiary/aromatic N) is 1. The van der Waals surface area contributed by atoms with Crippen molar-refractivity contribution in [1.82, 2.24) is 4.90 Å². The fraction of sp³-hybridized carbons (Fsp3) is 0.417. The summed E-state index contributed by atoms with van der Waals surface area (Å²) < 4.78 is 38.0. The average Bonchev–Trinajstić information content (AvgIpc) is 2.24. The zero-order chi connectivity index (χ0) is 13.9. The van der Waals surface area contributed by atoms with Gasteiger partial charge in [0.15, 0.2) is 0 Å². The largest absolute Gasteiger partial charge is 0.406 e. The predicted octanol–water partition coefficient (Wildman–Crippen LogP) is 3.86. The molecule has 0 aliphatic rings. The standard InChI is InChI=1S/C12H13BrF3NO/c1-8(2)17(7-12(14,15)16)11(18)9-3-5-10(13)6-4-9/h3-6,8H,7H2,1-2H3. The Morgan fingerprint density at radius 3 is 2.17 bits per heavy atom. The van der Waals surface area contributed by atoms with E-state index in [2.05, 4.69) is 15.9 Å². The zero-order valence-corrected chi connectivity index (χ0v) is 11.5. The molecule has 0 atom stereocenters. The summed E-state index contributed by atoms with van der Waals surface area (Å²) in [4.78, 5) is 12.8. The van der Waals surface area contributed by atoms with Crippen LogP contribution in [0.1, 0.15) is 24.2 Å². The van der Waals surface area contributed by atoms with Crippen molar-refractivity contribution in [2.75, 3.05) is 6.54 Å². The van der Waals surface area contributed by atoms with Gasteiger partial charge in [-0.3, -0.25) is 4.79 Å². The number of hydrogen-bond acceptors (Lipinski definition) is 1. The molecule has 1 rings (SSSR count). The summed E-state index contributed by atoms with van der Waals surface area (Å²) in [6, 6.07) is 5.73. The van der Waals surface area contributed by atoms with Gasteiger partial charge in [-0.2, -0.15) is 13.2 Å². The molecule has 0 bridgehead atoms. The molecule has 0 N–H and O–H groups in total. The van der Waals surface area contributed by atoms with Crippen LogP contribution in [0, 0.1) is 0 Å². The molecular weight excluding hydrogens is 311 g/mol. The van der Waals surface area contributed by atoms with Crippen molar-refractivity contribution >= 4 is 21.8 Å². The fourth-order valence-corrected chi connectivity index (χ4v) is 1.70. The Hall–Kier alpha value is -1.04. The molecule has 6 heteroatoms. The third-order valence-electron chi connectivity index (χ3n) is 2.33. The van der Waals surface area contributed by atoms with Crippen LogP contribution in [0.2, 0.25) is 0 Å². The van der Waals surface area contributed by atoms with E-state index in [1.807, 2.05) is 0 Å². The quantitative estimate of drug-likeness (QED) is 0.827. The summed E-state index contributed by atoms with van der Waals surface area (Å²) in [6.07, 6.45) is -4.39. The van der Waals surface area contributed by atoms with Crippen LogP contribution in [0.4, 0.5) is 13.2 Å². The van der Waals surface area contributed by atoms with Gasteiger partial charge in [-0.25, -0.2) is 0 Å². The molecule has 0 saturated carbocycles. The molecule has 100 valence electrons. The van der Waals surface area contributed by atoms with E-state index in [9.17, 15) is 18.0 Å². The van der Waals surface area contributed by atoms with Crippen LogP contribution in [0.3, 0.4) is 0 Å². The highest BCUT2D eigenvalue weighted by Gasteiger charge is 2.34. The number of carbonyl (C=O) groups is 1. The van der Waals surface area contributed by atoms with E-state index < -0.39 is 24.7 Å². The number of halogens is 4. The molecule has 0 fully saturated rings. The Labute approximate surface area is 112 Å². The lowest BCUT2D eigenvalue weighted by Crippen LogP contribution is -2.43. The molecule has 0 radical (unpaired) electrons. The molecule has 1 aromatic rings. The van der Waals surface area contributed by atoms with E-state index in [-0.39, 0.29) is 5.56 Å². The van der Waals surface area contributed by atoms with Crippen LogP contribution >= 0.6 is 15.9 Å². The number of carbonyl (C=O) groups excluding carboxylic acids is 1. The molecule has 2 nitrogen and oxygen atoms in total. The van der Waals surface area contributed by atoms with E-state index in [1.165, 1.54) is 12.1 Å². The van der Waals surface area contributed by atoms with Crippen molar-refractivity contribution in [3.05, 3.63) is 34.3 Å². The normalized spacial score (nSPS) is 11.7. The summed E-state index contributed by atoms with van der Waals surface area (Å²) in [5.41, 5.74) is 0.246. The van der Waals surface area contributed by atoms with Crippen LogP contribution in [-0.4, -0.2) is 29.6 Å². The van der Waals surface area contributed by atoms with Gasteiger partial charge in [0, 0.05) is 16.1 Å². The van der Waals surface area contributed by atoms with Crippen LogP contribution in [0.15, 0.2) is 28.7 Å². The molecule has 0 spiro atoms. The Morgan fingerprint density at radius 2 is 1.78 bits per heavy atom. The van der Waals surface area contributed by atoms with E-state index in [0.717, 1.165) is 9.37 Å². The zero-order valence-electron chi connectivity index (χ0n) is 9.96. The Kier molecular flexibility index (Phi) is 4.78. The average molecular weight is 324 g/mol. The van der Waals surface area contributed by atoms with Crippen LogP contribution in [0.25, 0.3) is 0 Å². The maximum Gasteiger partial charge on any atom is 0.406 e. The molecule has 0 aromatic heterocycles. The first kappa shape index (κ1) is 15.0. The topological polar surface area (TPSA) is 20.3 Å². The third-order valence-corrected chi connectivity index (χ3v) is 2.85. The van der Waals surface area contributed by atoms with Gasteiger partial charge < -0.3 is 4.90 Å². The number of alkyl halides is 3. The smallest absolute Gasteiger partial charge is 0.327 e. The van der Waals surface area contributed by atoms with Gasteiger partial charge >= 0.3 is 6.18 Å². The van der Waals surface area contributed by atoms with E-state index in [0.29, 0.717) is 0 Å². The van der Waals surface area contributed by atoms with E-state index in [4.69, 9.17) is 0 Å². The lowest BCUT2D eigenvalue weighted by atomic mass is 10.1. The van der Waals surface area contributed by atoms with Gasteiger partial charge in [0.2, 0.25) is 0 Å². The van der Waals surface area contributed by atoms with Crippen molar-refractivity contribution in [1.29, 1.82) is 0 Å². The highest BCUT2D eigenvalue weighted by molar-refractivity contribution is 9.10. The number of amides is 1. The van der Waals surface area contributed by atoms with Crippen molar-refractivity contribution in [2.45, 2.75) is 26.1 Å². The minimum atomic E-state index is -4.39. The van der Waals surface area contributed by atoms with Crippen molar-refractivity contribution in [2.24, 2.45) is 0 Å². The highest BCUT2D eigenvalue weighted by atomic mass is 79.9. The fourth-order valence-electron chi connectivity index (χ4n) is 1.44. The summed E-state index contributed by atoms with van der Waals surface area (Å²) in [6.45, 7) is 1.88. The van der Waals surface area contributed by atoms with Crippen molar-refractivity contribution in [3.8, 4) is 0 Å². The maximum absolute atomic E-state index is 12.4. The molecule has 0 saturated heterocycles. The summed E-state index contributed by atoms with van der Waals surface area (Å²) in [5.74, 6) is -0.616. The Bertz CT molecular complexity index is 414. The summed E-state index contributed by atoms with van der Waals surface area (Å²) >= 11 is 3.20. The van der Waals surface area contributed by atoms with Crippen LogP contribution in [0.5, 0.6) is 0 Å². The highest BCUT2D eigenvalue weighted by Crippen LogP contribution is 2.20. The number of benzene rings is 1. The number of rotatable bonds is 3. The van der Waals surface area contributed by atoms with Crippen molar-refractivity contribution < 1.29 is 18.0 Å². The first-order valence-corrected chi connectivity index (χ1v) is 6.13. The van der Waals surface area contributed by atoms with Crippen LogP contribution in [-0.2, 0) is 0 Å². The lowest BCUT2D eigenvalue weighted by Gasteiger charge is -2.27. The molecule has 1 amide bonds. The van der Waals surface area contributed by atoms with E-state index >= 15 is 0 Å². The molecular formula is C12H13BrF3NO. The van der Waals surface area contributed by atoms with Gasteiger partial charge in [-0.15, -0.1) is 0 Å². The first-order valence-electron chi connectivity index (χ1n) is 5.34. The summed E-state index contributed by atoms with van der Waals surface area (Å²) in [7, 11) is 0. The molecule has 18 heavy (non-hydrogen) atoms. The Balaban J connectivity index is 2.93. The second-order valence-electron chi connectivity index (χ2n) is 4.15. The molecule has 1 aromatic carbocycles. The minimum Gasteiger partial charge on any atom is -0.327 e. The SMILES string of the molecule is CC(C)N(CC(F)(F)F)C(=O)c1ccc(Br)cc1. The van der Waals surface area contributed by atoms with Crippen molar-refractivity contribution in [3.63, 3.8) is 0 Å². The number of hydrogen-bond donors (Lipinski definition) is 0. The molecule has 0 aliphatic heterocycles. The maximum atomic E-state index is 12.4. The second kappa shape index (κ2) is 5.73. The van der Waals surface area contributed by atoms with Gasteiger partial charge in [-0.05, 0) is 38.1 Å². The van der Waals surface area contributed by atoms with Crippen LogP contribution < -0.4 is 0 Å². The van der Waals surface area contributed by atoms with E-state index in [1.54, 1.807) is 26.0 Å². The third kappa shape index (κ3) is 4.33. The molecule has 0 aliphatic carbocycles. The first-order chi connectivity index (χ1) is 8.20. The van der Waals surface area contributed by atoms with Gasteiger partial charge in [0.25, 0.3) is 5.91 Å². The summed E-state index contributed by atoms with van der Waals surface area (Å²) in [5, 5.41) is 0.